The number of amides is 1. The van der Waals surface area contributed by atoms with Gasteiger partial charge in [0.15, 0.2) is 0 Å². The Morgan fingerprint density at radius 2 is 1.74 bits per heavy atom. The van der Waals surface area contributed by atoms with Crippen molar-refractivity contribution in [3.05, 3.63) is 35.9 Å². The summed E-state index contributed by atoms with van der Waals surface area (Å²) in [6, 6.07) is 5.10. The molecule has 2 atom stereocenters. The van der Waals surface area contributed by atoms with Crippen LogP contribution in [0.25, 0.3) is 0 Å². The van der Waals surface area contributed by atoms with Gasteiger partial charge >= 0.3 is 5.97 Å². The summed E-state index contributed by atoms with van der Waals surface area (Å²) in [5.74, 6) is -2.72. The van der Waals surface area contributed by atoms with Crippen molar-refractivity contribution in [1.82, 2.24) is 0 Å². The van der Waals surface area contributed by atoms with Crippen LogP contribution in [0.2, 0.25) is 0 Å². The summed E-state index contributed by atoms with van der Waals surface area (Å²) in [5, 5.41) is 21.9. The summed E-state index contributed by atoms with van der Waals surface area (Å²) in [4.78, 5) is 23.8. The maximum absolute atomic E-state index is 12.5. The molecule has 0 saturated carbocycles. The molecule has 0 radical (unpaired) electrons. The van der Waals surface area contributed by atoms with Crippen LogP contribution in [0.5, 0.6) is 5.75 Å². The molecule has 3 N–H and O–H groups in total. The molecule has 0 saturated heterocycles. The summed E-state index contributed by atoms with van der Waals surface area (Å²) < 4.78 is 0. The Morgan fingerprint density at radius 1 is 1.13 bits per heavy atom. The quantitative estimate of drug-likeness (QED) is 0.590. The number of carbonyl (C=O) groups is 2. The SMILES string of the molecule is CC(C)(C)c1ccc(O)c(NC(=O)[C@H]2CC=CC[C@@H]2C(=O)O)c1. The highest BCUT2D eigenvalue weighted by Gasteiger charge is 2.34. The van der Waals surface area contributed by atoms with Crippen LogP contribution in [-0.4, -0.2) is 22.1 Å². The number of hydrogen-bond donors (Lipinski definition) is 3. The minimum Gasteiger partial charge on any atom is -0.506 e. The second-order valence-corrected chi connectivity index (χ2v) is 6.97. The highest BCUT2D eigenvalue weighted by molar-refractivity contribution is 5.96. The molecule has 0 unspecified atom stereocenters. The van der Waals surface area contributed by atoms with Crippen molar-refractivity contribution in [1.29, 1.82) is 0 Å². The van der Waals surface area contributed by atoms with Crippen LogP contribution in [0.1, 0.15) is 39.2 Å². The molecule has 124 valence electrons. The second-order valence-electron chi connectivity index (χ2n) is 6.97. The van der Waals surface area contributed by atoms with Crippen LogP contribution in [0.4, 0.5) is 5.69 Å². The van der Waals surface area contributed by atoms with Crippen LogP contribution in [0, 0.1) is 11.8 Å². The zero-order valence-electron chi connectivity index (χ0n) is 13.7. The topological polar surface area (TPSA) is 86.6 Å². The fourth-order valence-electron chi connectivity index (χ4n) is 2.70. The van der Waals surface area contributed by atoms with Crippen molar-refractivity contribution < 1.29 is 19.8 Å². The van der Waals surface area contributed by atoms with Gasteiger partial charge in [-0.15, -0.1) is 0 Å². The molecule has 1 aromatic carbocycles. The standard InChI is InChI=1S/C18H23NO4/c1-18(2,3)11-8-9-15(20)14(10-11)19-16(21)12-6-4-5-7-13(12)17(22)23/h4-5,8-10,12-13,20H,6-7H2,1-3H3,(H,19,21)(H,22,23)/t12-,13-/m0/s1. The number of phenols is 1. The van der Waals surface area contributed by atoms with Crippen molar-refractivity contribution in [2.24, 2.45) is 11.8 Å². The Kier molecular flexibility index (Phi) is 4.78. The molecule has 0 spiro atoms. The average Bonchev–Trinajstić information content (AvgIpc) is 2.48. The smallest absolute Gasteiger partial charge is 0.307 e. The number of carbonyl (C=O) groups excluding carboxylic acids is 1. The number of phenolic OH excluding ortho intramolecular Hbond substituents is 1. The maximum atomic E-state index is 12.5. The van der Waals surface area contributed by atoms with Crippen LogP contribution in [-0.2, 0) is 15.0 Å². The summed E-state index contributed by atoms with van der Waals surface area (Å²) in [7, 11) is 0. The third-order valence-electron chi connectivity index (χ3n) is 4.21. The van der Waals surface area contributed by atoms with E-state index in [1.54, 1.807) is 18.2 Å². The number of rotatable bonds is 3. The van der Waals surface area contributed by atoms with Gasteiger partial charge in [0.05, 0.1) is 17.5 Å². The van der Waals surface area contributed by atoms with Gasteiger partial charge in [-0.05, 0) is 36.0 Å². The number of nitrogens with one attached hydrogen (secondary N) is 1. The van der Waals surface area contributed by atoms with Crippen molar-refractivity contribution in [3.8, 4) is 5.75 Å². The fraction of sp³-hybridized carbons (Fsp3) is 0.444. The summed E-state index contributed by atoms with van der Waals surface area (Å²) in [6.07, 6.45) is 4.36. The molecular formula is C18H23NO4. The molecule has 5 heteroatoms. The fourth-order valence-corrected chi connectivity index (χ4v) is 2.70. The second kappa shape index (κ2) is 6.44. The van der Waals surface area contributed by atoms with E-state index in [1.165, 1.54) is 0 Å². The van der Waals surface area contributed by atoms with E-state index in [4.69, 9.17) is 0 Å². The predicted molar refractivity (Wildman–Crippen MR) is 88.4 cm³/mol. The van der Waals surface area contributed by atoms with Crippen molar-refractivity contribution in [2.75, 3.05) is 5.32 Å². The van der Waals surface area contributed by atoms with Crippen molar-refractivity contribution in [2.45, 2.75) is 39.0 Å². The molecule has 0 aliphatic heterocycles. The first-order valence-electron chi connectivity index (χ1n) is 7.72. The zero-order valence-corrected chi connectivity index (χ0v) is 13.7. The van der Waals surface area contributed by atoms with E-state index in [0.29, 0.717) is 18.5 Å². The molecule has 1 aliphatic carbocycles. The molecule has 5 nitrogen and oxygen atoms in total. The Bertz CT molecular complexity index is 643. The highest BCUT2D eigenvalue weighted by Crippen LogP contribution is 2.32. The van der Waals surface area contributed by atoms with Gasteiger partial charge in [0, 0.05) is 0 Å². The van der Waals surface area contributed by atoms with E-state index in [-0.39, 0.29) is 17.1 Å². The monoisotopic (exact) mass is 317 g/mol. The maximum Gasteiger partial charge on any atom is 0.307 e. The van der Waals surface area contributed by atoms with Crippen LogP contribution < -0.4 is 5.32 Å². The number of carboxylic acid groups (broad SMARTS) is 1. The zero-order chi connectivity index (χ0) is 17.2. The number of hydrogen-bond acceptors (Lipinski definition) is 3. The number of aliphatic carboxylic acids is 1. The van der Waals surface area contributed by atoms with E-state index in [2.05, 4.69) is 5.32 Å². The Labute approximate surface area is 136 Å². The van der Waals surface area contributed by atoms with Gasteiger partial charge in [0.25, 0.3) is 0 Å². The minimum atomic E-state index is -0.970. The van der Waals surface area contributed by atoms with Crippen LogP contribution in [0.3, 0.4) is 0 Å². The summed E-state index contributed by atoms with van der Waals surface area (Å²) >= 11 is 0. The van der Waals surface area contributed by atoms with E-state index in [0.717, 1.165) is 5.56 Å². The Morgan fingerprint density at radius 3 is 2.30 bits per heavy atom. The van der Waals surface area contributed by atoms with Gasteiger partial charge in [-0.2, -0.15) is 0 Å². The van der Waals surface area contributed by atoms with Gasteiger partial charge in [-0.1, -0.05) is 39.0 Å². The predicted octanol–water partition coefficient (Wildman–Crippen LogP) is 3.30. The molecular weight excluding hydrogens is 294 g/mol. The molecule has 23 heavy (non-hydrogen) atoms. The highest BCUT2D eigenvalue weighted by atomic mass is 16.4. The van der Waals surface area contributed by atoms with Gasteiger partial charge in [0.1, 0.15) is 5.75 Å². The number of allylic oxidation sites excluding steroid dienone is 2. The van der Waals surface area contributed by atoms with Gasteiger partial charge in [0.2, 0.25) is 5.91 Å². The first-order valence-corrected chi connectivity index (χ1v) is 7.72. The molecule has 2 rings (SSSR count). The largest absolute Gasteiger partial charge is 0.506 e. The summed E-state index contributed by atoms with van der Waals surface area (Å²) in [5.41, 5.74) is 1.18. The molecule has 1 aromatic rings. The Balaban J connectivity index is 2.23. The third kappa shape index (κ3) is 3.92. The number of benzene rings is 1. The first-order chi connectivity index (χ1) is 10.7. The average molecular weight is 317 g/mol. The lowest BCUT2D eigenvalue weighted by Crippen LogP contribution is -2.34. The number of carboxylic acids is 1. The number of anilines is 1. The molecule has 0 heterocycles. The molecule has 0 fully saturated rings. The minimum absolute atomic E-state index is 0.0235. The molecule has 1 aliphatic rings. The van der Waals surface area contributed by atoms with Gasteiger partial charge < -0.3 is 15.5 Å². The van der Waals surface area contributed by atoms with E-state index in [9.17, 15) is 19.8 Å². The molecule has 1 amide bonds. The summed E-state index contributed by atoms with van der Waals surface area (Å²) in [6.45, 7) is 6.12. The van der Waals surface area contributed by atoms with E-state index >= 15 is 0 Å². The lowest BCUT2D eigenvalue weighted by atomic mass is 9.82. The van der Waals surface area contributed by atoms with Crippen molar-refractivity contribution >= 4 is 17.6 Å². The molecule has 0 aromatic heterocycles. The molecule has 0 bridgehead atoms. The van der Waals surface area contributed by atoms with Gasteiger partial charge in [-0.25, -0.2) is 0 Å². The van der Waals surface area contributed by atoms with Crippen LogP contribution in [0.15, 0.2) is 30.4 Å². The third-order valence-corrected chi connectivity index (χ3v) is 4.21. The first kappa shape index (κ1) is 17.1. The van der Waals surface area contributed by atoms with Crippen LogP contribution >= 0.6 is 0 Å². The van der Waals surface area contributed by atoms with E-state index in [1.807, 2.05) is 32.9 Å². The normalized spacial score (nSPS) is 21.0. The van der Waals surface area contributed by atoms with E-state index < -0.39 is 17.8 Å². The number of aromatic hydroxyl groups is 1. The van der Waals surface area contributed by atoms with Crippen molar-refractivity contribution in [3.63, 3.8) is 0 Å². The van der Waals surface area contributed by atoms with Gasteiger partial charge in [-0.3, -0.25) is 9.59 Å². The lowest BCUT2D eigenvalue weighted by molar-refractivity contribution is -0.146. The Hall–Kier alpha value is -2.30. The lowest BCUT2D eigenvalue weighted by Gasteiger charge is -2.25.